The zero-order chi connectivity index (χ0) is 16.4. The molecule has 0 spiro atoms. The van der Waals surface area contributed by atoms with Crippen LogP contribution >= 0.6 is 11.3 Å². The number of alkyl halides is 2. The van der Waals surface area contributed by atoms with E-state index in [0.29, 0.717) is 11.6 Å². The third-order valence-electron chi connectivity index (χ3n) is 3.59. The second-order valence-corrected chi connectivity index (χ2v) is 6.20. The van der Waals surface area contributed by atoms with Gasteiger partial charge in [-0.1, -0.05) is 20.8 Å². The highest BCUT2D eigenvalue weighted by molar-refractivity contribution is 7.08. The third-order valence-corrected chi connectivity index (χ3v) is 4.35. The zero-order valence-corrected chi connectivity index (χ0v) is 13.6. The number of carbonyl (C=O) groups is 1. The summed E-state index contributed by atoms with van der Waals surface area (Å²) in [6.45, 7) is 6.24. The fourth-order valence-corrected chi connectivity index (χ4v) is 2.92. The predicted octanol–water partition coefficient (Wildman–Crippen LogP) is 3.83. The number of aromatic nitrogens is 3. The Morgan fingerprint density at radius 3 is 2.55 bits per heavy atom. The van der Waals surface area contributed by atoms with Crippen LogP contribution in [0.2, 0.25) is 0 Å². The summed E-state index contributed by atoms with van der Waals surface area (Å²) < 4.78 is 25.8. The molecule has 2 rings (SSSR count). The van der Waals surface area contributed by atoms with Gasteiger partial charge in [-0.25, -0.2) is 8.78 Å². The van der Waals surface area contributed by atoms with Gasteiger partial charge in [0.1, 0.15) is 0 Å². The average Bonchev–Trinajstić information content (AvgIpc) is 3.04. The first-order valence-corrected chi connectivity index (χ1v) is 7.82. The lowest BCUT2D eigenvalue weighted by atomic mass is 9.91. The largest absolute Gasteiger partial charge is 0.319 e. The number of anilines is 1. The van der Waals surface area contributed by atoms with Crippen molar-refractivity contribution in [3.63, 3.8) is 0 Å². The van der Waals surface area contributed by atoms with Crippen molar-refractivity contribution in [3.05, 3.63) is 27.7 Å². The molecule has 1 unspecified atom stereocenters. The number of rotatable bonds is 5. The van der Waals surface area contributed by atoms with Gasteiger partial charge in [-0.3, -0.25) is 4.79 Å². The minimum absolute atomic E-state index is 0.248. The van der Waals surface area contributed by atoms with Crippen LogP contribution in [-0.2, 0) is 7.05 Å². The molecule has 0 aromatic carbocycles. The van der Waals surface area contributed by atoms with Gasteiger partial charge in [-0.2, -0.15) is 9.90 Å². The second-order valence-electron chi connectivity index (χ2n) is 5.45. The number of aryl methyl sites for hydroxylation is 1. The van der Waals surface area contributed by atoms with E-state index in [9.17, 15) is 13.6 Å². The first kappa shape index (κ1) is 16.5. The van der Waals surface area contributed by atoms with Gasteiger partial charge in [0.15, 0.2) is 11.4 Å². The van der Waals surface area contributed by atoms with E-state index in [-0.39, 0.29) is 11.6 Å². The van der Waals surface area contributed by atoms with Crippen molar-refractivity contribution >= 4 is 22.9 Å². The molecule has 2 heterocycles. The molecule has 0 saturated heterocycles. The van der Waals surface area contributed by atoms with E-state index in [1.54, 1.807) is 5.38 Å². The number of thiophene rings is 1. The molecule has 8 heteroatoms. The maximum absolute atomic E-state index is 12.9. The molecular weight excluding hydrogens is 310 g/mol. The Labute approximate surface area is 131 Å². The molecule has 120 valence electrons. The van der Waals surface area contributed by atoms with E-state index in [4.69, 9.17) is 0 Å². The lowest BCUT2D eigenvalue weighted by molar-refractivity contribution is 0.100. The van der Waals surface area contributed by atoms with Crippen LogP contribution in [0.15, 0.2) is 10.8 Å². The van der Waals surface area contributed by atoms with Gasteiger partial charge in [0.05, 0.1) is 5.69 Å². The van der Waals surface area contributed by atoms with Crippen LogP contribution in [0.3, 0.4) is 0 Å². The van der Waals surface area contributed by atoms with E-state index in [2.05, 4.69) is 36.3 Å². The first-order valence-electron chi connectivity index (χ1n) is 6.88. The monoisotopic (exact) mass is 328 g/mol. The minimum Gasteiger partial charge on any atom is -0.319 e. The van der Waals surface area contributed by atoms with Gasteiger partial charge >= 0.3 is 0 Å². The van der Waals surface area contributed by atoms with Crippen LogP contribution in [-0.4, -0.2) is 20.9 Å². The molecule has 1 N–H and O–H groups in total. The van der Waals surface area contributed by atoms with Crippen molar-refractivity contribution in [2.24, 2.45) is 13.0 Å². The lowest BCUT2D eigenvalue weighted by Gasteiger charge is -2.16. The topological polar surface area (TPSA) is 59.8 Å². The third kappa shape index (κ3) is 3.32. The van der Waals surface area contributed by atoms with E-state index >= 15 is 0 Å². The van der Waals surface area contributed by atoms with Crippen molar-refractivity contribution in [3.8, 4) is 0 Å². The van der Waals surface area contributed by atoms with Crippen molar-refractivity contribution in [1.82, 2.24) is 15.0 Å². The molecule has 0 aliphatic rings. The normalized spacial score (nSPS) is 12.9. The summed E-state index contributed by atoms with van der Waals surface area (Å²) in [7, 11) is 1.40. The molecular formula is C14H18F2N4OS. The predicted molar refractivity (Wildman–Crippen MR) is 81.5 cm³/mol. The maximum atomic E-state index is 12.9. The fourth-order valence-electron chi connectivity index (χ4n) is 2.03. The van der Waals surface area contributed by atoms with Crippen molar-refractivity contribution < 1.29 is 13.6 Å². The van der Waals surface area contributed by atoms with E-state index in [0.717, 1.165) is 10.4 Å². The molecule has 2 aromatic heterocycles. The van der Waals surface area contributed by atoms with Gasteiger partial charge in [0, 0.05) is 12.4 Å². The lowest BCUT2D eigenvalue weighted by Crippen LogP contribution is -2.16. The Balaban J connectivity index is 2.25. The Hall–Kier alpha value is -1.83. The van der Waals surface area contributed by atoms with E-state index in [1.165, 1.54) is 18.4 Å². The molecule has 0 radical (unpaired) electrons. The van der Waals surface area contributed by atoms with Crippen LogP contribution in [0.5, 0.6) is 0 Å². The fraction of sp³-hybridized carbons (Fsp3) is 0.500. The number of carbonyl (C=O) groups excluding carboxylic acids is 1. The molecule has 0 saturated carbocycles. The van der Waals surface area contributed by atoms with Gasteiger partial charge in [-0.15, -0.1) is 16.4 Å². The zero-order valence-electron chi connectivity index (χ0n) is 12.8. The highest BCUT2D eigenvalue weighted by Gasteiger charge is 2.26. The molecule has 0 bridgehead atoms. The highest BCUT2D eigenvalue weighted by atomic mass is 32.1. The molecule has 1 amide bonds. The molecule has 0 aliphatic heterocycles. The smallest absolute Gasteiger partial charge is 0.284 e. The van der Waals surface area contributed by atoms with Crippen LogP contribution < -0.4 is 5.32 Å². The van der Waals surface area contributed by atoms with Crippen molar-refractivity contribution in [1.29, 1.82) is 0 Å². The quantitative estimate of drug-likeness (QED) is 0.907. The number of nitrogens with zero attached hydrogens (tertiary/aromatic N) is 3. The Morgan fingerprint density at radius 1 is 1.27 bits per heavy atom. The van der Waals surface area contributed by atoms with Crippen LogP contribution in [0.25, 0.3) is 0 Å². The van der Waals surface area contributed by atoms with Gasteiger partial charge in [0.2, 0.25) is 0 Å². The summed E-state index contributed by atoms with van der Waals surface area (Å²) in [6.07, 6.45) is -2.84. The summed E-state index contributed by atoms with van der Waals surface area (Å²) >= 11 is 1.46. The standard InChI is InChI=1S/C14H18F2N4OS/c1-7(2)8(3)9-5-22-6-10(9)17-14(21)12-11(13(15)16)18-20(4)19-12/h5-8,13H,1-4H3,(H,17,21). The van der Waals surface area contributed by atoms with Gasteiger partial charge < -0.3 is 5.32 Å². The summed E-state index contributed by atoms with van der Waals surface area (Å²) in [5, 5.41) is 13.7. The van der Waals surface area contributed by atoms with E-state index < -0.39 is 18.0 Å². The maximum Gasteiger partial charge on any atom is 0.284 e. The molecule has 0 aliphatic carbocycles. The number of amides is 1. The Kier molecular flexibility index (Phi) is 4.90. The molecule has 2 aromatic rings. The number of nitrogens with one attached hydrogen (secondary N) is 1. The molecule has 1 atom stereocenters. The van der Waals surface area contributed by atoms with Crippen molar-refractivity contribution in [2.75, 3.05) is 5.32 Å². The summed E-state index contributed by atoms with van der Waals surface area (Å²) in [5.74, 6) is -0.0182. The van der Waals surface area contributed by atoms with Crippen LogP contribution in [0.4, 0.5) is 14.5 Å². The van der Waals surface area contributed by atoms with Crippen LogP contribution in [0.1, 0.15) is 54.9 Å². The summed E-state index contributed by atoms with van der Waals surface area (Å²) in [6, 6.07) is 0. The SMILES string of the molecule is CC(C)C(C)c1cscc1NC(=O)c1nn(C)nc1C(F)F. The average molecular weight is 328 g/mol. The van der Waals surface area contributed by atoms with Gasteiger partial charge in [0.25, 0.3) is 12.3 Å². The number of halogens is 2. The Morgan fingerprint density at radius 2 is 1.95 bits per heavy atom. The van der Waals surface area contributed by atoms with E-state index in [1.807, 2.05) is 5.38 Å². The Bertz CT molecular complexity index is 666. The summed E-state index contributed by atoms with van der Waals surface area (Å²) in [5.41, 5.74) is 0.693. The number of hydrogen-bond donors (Lipinski definition) is 1. The van der Waals surface area contributed by atoms with Crippen LogP contribution in [0, 0.1) is 5.92 Å². The molecule has 5 nitrogen and oxygen atoms in total. The number of hydrogen-bond acceptors (Lipinski definition) is 4. The van der Waals surface area contributed by atoms with Gasteiger partial charge in [-0.05, 0) is 22.8 Å². The van der Waals surface area contributed by atoms with Crippen molar-refractivity contribution in [2.45, 2.75) is 33.1 Å². The highest BCUT2D eigenvalue weighted by Crippen LogP contribution is 2.33. The molecule has 0 fully saturated rings. The first-order chi connectivity index (χ1) is 10.3. The second kappa shape index (κ2) is 6.51. The minimum atomic E-state index is -2.84. The summed E-state index contributed by atoms with van der Waals surface area (Å²) in [4.78, 5) is 13.2. The molecule has 22 heavy (non-hydrogen) atoms.